The van der Waals surface area contributed by atoms with Gasteiger partial charge in [-0.2, -0.15) is 5.10 Å². The summed E-state index contributed by atoms with van der Waals surface area (Å²) in [7, 11) is 0. The van der Waals surface area contributed by atoms with Crippen LogP contribution in [0.2, 0.25) is 0 Å². The molecular formula is C11H9F4N3. The van der Waals surface area contributed by atoms with E-state index < -0.39 is 24.6 Å². The maximum Gasteiger partial charge on any atom is 0.257 e. The third-order valence-electron chi connectivity index (χ3n) is 2.36. The van der Waals surface area contributed by atoms with Crippen molar-refractivity contribution in [1.82, 2.24) is 9.78 Å². The summed E-state index contributed by atoms with van der Waals surface area (Å²) in [6.07, 6.45) is -0.151. The molecule has 0 spiro atoms. The topological polar surface area (TPSA) is 43.8 Å². The fourth-order valence-electron chi connectivity index (χ4n) is 1.53. The van der Waals surface area contributed by atoms with Crippen LogP contribution in [0.5, 0.6) is 0 Å². The van der Waals surface area contributed by atoms with E-state index >= 15 is 0 Å². The number of benzene rings is 1. The Labute approximate surface area is 99.8 Å². The fourth-order valence-corrected chi connectivity index (χ4v) is 1.53. The standard InChI is InChI=1S/C11H9F4N3/c12-8-2-10(16)9(13)1-7(8)6-3-17-18(4-6)5-11(14)15/h1-4,11H,5,16H2. The van der Waals surface area contributed by atoms with Gasteiger partial charge in [-0.1, -0.05) is 0 Å². The van der Waals surface area contributed by atoms with E-state index in [9.17, 15) is 17.6 Å². The van der Waals surface area contributed by atoms with E-state index in [0.717, 1.165) is 16.8 Å². The third kappa shape index (κ3) is 2.44. The number of anilines is 1. The average Bonchev–Trinajstić information content (AvgIpc) is 2.70. The van der Waals surface area contributed by atoms with Crippen LogP contribution in [0.25, 0.3) is 11.1 Å². The van der Waals surface area contributed by atoms with E-state index in [1.807, 2.05) is 0 Å². The van der Waals surface area contributed by atoms with E-state index in [1.165, 1.54) is 12.4 Å². The number of nitrogen functional groups attached to an aromatic ring is 1. The second kappa shape index (κ2) is 4.67. The van der Waals surface area contributed by atoms with Crippen LogP contribution in [-0.2, 0) is 6.54 Å². The molecule has 0 aliphatic rings. The van der Waals surface area contributed by atoms with Crippen LogP contribution < -0.4 is 5.73 Å². The minimum atomic E-state index is -2.56. The molecule has 0 bridgehead atoms. The molecule has 2 N–H and O–H groups in total. The second-order valence-electron chi connectivity index (χ2n) is 3.70. The molecule has 0 fully saturated rings. The quantitative estimate of drug-likeness (QED) is 0.680. The number of alkyl halides is 2. The molecule has 1 heterocycles. The smallest absolute Gasteiger partial charge is 0.257 e. The first kappa shape index (κ1) is 12.4. The maximum atomic E-state index is 13.6. The molecule has 0 saturated carbocycles. The summed E-state index contributed by atoms with van der Waals surface area (Å²) >= 11 is 0. The van der Waals surface area contributed by atoms with Crippen LogP contribution in [0.1, 0.15) is 0 Å². The van der Waals surface area contributed by atoms with Gasteiger partial charge in [0.1, 0.15) is 18.2 Å². The highest BCUT2D eigenvalue weighted by Crippen LogP contribution is 2.26. The average molecular weight is 259 g/mol. The number of nitrogens with two attached hydrogens (primary N) is 1. The van der Waals surface area contributed by atoms with Crippen molar-refractivity contribution < 1.29 is 17.6 Å². The molecule has 2 rings (SSSR count). The normalized spacial score (nSPS) is 11.2. The molecule has 3 nitrogen and oxygen atoms in total. The molecule has 1 aromatic carbocycles. The predicted octanol–water partition coefficient (Wildman–Crippen LogP) is 2.68. The van der Waals surface area contributed by atoms with E-state index in [-0.39, 0.29) is 16.8 Å². The lowest BCUT2D eigenvalue weighted by molar-refractivity contribution is 0.122. The van der Waals surface area contributed by atoms with Gasteiger partial charge in [-0.25, -0.2) is 17.6 Å². The van der Waals surface area contributed by atoms with Crippen molar-refractivity contribution >= 4 is 5.69 Å². The van der Waals surface area contributed by atoms with Gasteiger partial charge in [-0.3, -0.25) is 4.68 Å². The van der Waals surface area contributed by atoms with Crippen molar-refractivity contribution in [3.63, 3.8) is 0 Å². The van der Waals surface area contributed by atoms with Gasteiger partial charge in [0.15, 0.2) is 0 Å². The largest absolute Gasteiger partial charge is 0.396 e. The number of rotatable bonds is 3. The van der Waals surface area contributed by atoms with E-state index in [0.29, 0.717) is 0 Å². The van der Waals surface area contributed by atoms with Gasteiger partial charge >= 0.3 is 0 Å². The van der Waals surface area contributed by atoms with Gasteiger partial charge in [0.05, 0.1) is 11.9 Å². The van der Waals surface area contributed by atoms with Crippen molar-refractivity contribution in [2.75, 3.05) is 5.73 Å². The minimum Gasteiger partial charge on any atom is -0.396 e. The number of hydrogen-bond donors (Lipinski definition) is 1. The van der Waals surface area contributed by atoms with Gasteiger partial charge < -0.3 is 5.73 Å². The molecule has 7 heteroatoms. The van der Waals surface area contributed by atoms with Gasteiger partial charge in [0.2, 0.25) is 0 Å². The summed E-state index contributed by atoms with van der Waals surface area (Å²) < 4.78 is 52.0. The lowest BCUT2D eigenvalue weighted by atomic mass is 10.1. The molecular weight excluding hydrogens is 250 g/mol. The molecule has 0 saturated heterocycles. The Balaban J connectivity index is 2.37. The number of halogens is 4. The van der Waals surface area contributed by atoms with E-state index in [2.05, 4.69) is 5.10 Å². The molecule has 0 radical (unpaired) electrons. The summed E-state index contributed by atoms with van der Waals surface area (Å²) in [5.74, 6) is -1.50. The molecule has 0 aliphatic heterocycles. The van der Waals surface area contributed by atoms with Crippen molar-refractivity contribution in [3.8, 4) is 11.1 Å². The van der Waals surface area contributed by atoms with Crippen LogP contribution in [0.15, 0.2) is 24.5 Å². The van der Waals surface area contributed by atoms with E-state index in [1.54, 1.807) is 0 Å². The number of nitrogens with zero attached hydrogens (tertiary/aromatic N) is 2. The lowest BCUT2D eigenvalue weighted by Gasteiger charge is -2.03. The summed E-state index contributed by atoms with van der Waals surface area (Å²) in [5, 5.41) is 3.64. The van der Waals surface area contributed by atoms with Crippen LogP contribution in [-0.4, -0.2) is 16.2 Å². The van der Waals surface area contributed by atoms with Gasteiger partial charge in [-0.15, -0.1) is 0 Å². The predicted molar refractivity (Wildman–Crippen MR) is 58.0 cm³/mol. The first-order valence-corrected chi connectivity index (χ1v) is 5.03. The zero-order valence-corrected chi connectivity index (χ0v) is 9.08. The Morgan fingerprint density at radius 1 is 1.22 bits per heavy atom. The lowest BCUT2D eigenvalue weighted by Crippen LogP contribution is -2.06. The van der Waals surface area contributed by atoms with Gasteiger partial charge in [-0.05, 0) is 6.07 Å². The van der Waals surface area contributed by atoms with Crippen LogP contribution >= 0.6 is 0 Å². The fraction of sp³-hybridized carbons (Fsp3) is 0.182. The van der Waals surface area contributed by atoms with Gasteiger partial charge in [0, 0.05) is 23.4 Å². The maximum absolute atomic E-state index is 13.6. The van der Waals surface area contributed by atoms with Crippen molar-refractivity contribution in [2.24, 2.45) is 0 Å². The van der Waals surface area contributed by atoms with Gasteiger partial charge in [0.25, 0.3) is 6.43 Å². The monoisotopic (exact) mass is 259 g/mol. The zero-order valence-electron chi connectivity index (χ0n) is 9.08. The second-order valence-corrected chi connectivity index (χ2v) is 3.70. The summed E-state index contributed by atoms with van der Waals surface area (Å²) in [4.78, 5) is 0. The van der Waals surface area contributed by atoms with Crippen molar-refractivity contribution in [1.29, 1.82) is 0 Å². The molecule has 2 aromatic rings. The highest BCUT2D eigenvalue weighted by Gasteiger charge is 2.12. The summed E-state index contributed by atoms with van der Waals surface area (Å²) in [6.45, 7) is -0.598. The summed E-state index contributed by atoms with van der Waals surface area (Å²) in [5.41, 5.74) is 5.04. The first-order valence-electron chi connectivity index (χ1n) is 5.03. The summed E-state index contributed by atoms with van der Waals surface area (Å²) in [6, 6.07) is 1.75. The number of aromatic nitrogens is 2. The molecule has 0 aliphatic carbocycles. The SMILES string of the molecule is Nc1cc(F)c(-c2cnn(CC(F)F)c2)cc1F. The molecule has 0 atom stereocenters. The Morgan fingerprint density at radius 3 is 2.61 bits per heavy atom. The molecule has 1 aromatic heterocycles. The van der Waals surface area contributed by atoms with Crippen molar-refractivity contribution in [2.45, 2.75) is 13.0 Å². The van der Waals surface area contributed by atoms with Crippen LogP contribution in [0.3, 0.4) is 0 Å². The molecule has 0 amide bonds. The highest BCUT2D eigenvalue weighted by molar-refractivity contribution is 5.65. The Bertz CT molecular complexity index is 565. The van der Waals surface area contributed by atoms with Crippen molar-refractivity contribution in [3.05, 3.63) is 36.2 Å². The third-order valence-corrected chi connectivity index (χ3v) is 2.36. The first-order chi connectivity index (χ1) is 8.47. The Kier molecular flexibility index (Phi) is 3.22. The number of hydrogen-bond acceptors (Lipinski definition) is 2. The Hall–Kier alpha value is -2.05. The molecule has 0 unspecified atom stereocenters. The van der Waals surface area contributed by atoms with Crippen LogP contribution in [0.4, 0.5) is 23.2 Å². The zero-order chi connectivity index (χ0) is 13.3. The molecule has 96 valence electrons. The van der Waals surface area contributed by atoms with E-state index in [4.69, 9.17) is 5.73 Å². The molecule has 18 heavy (non-hydrogen) atoms. The van der Waals surface area contributed by atoms with Crippen LogP contribution in [0, 0.1) is 11.6 Å². The minimum absolute atomic E-state index is 0.0674. The Morgan fingerprint density at radius 2 is 1.94 bits per heavy atom. The highest BCUT2D eigenvalue weighted by atomic mass is 19.3.